The molecule has 0 fully saturated rings. The molecular weight excluding hydrogens is 262 g/mol. The fourth-order valence-corrected chi connectivity index (χ4v) is 2.39. The van der Waals surface area contributed by atoms with Gasteiger partial charge < -0.3 is 10.2 Å². The van der Waals surface area contributed by atoms with Crippen LogP contribution in [0.3, 0.4) is 0 Å². The van der Waals surface area contributed by atoms with Gasteiger partial charge >= 0.3 is 0 Å². The van der Waals surface area contributed by atoms with Gasteiger partial charge in [0.05, 0.1) is 13.1 Å². The lowest BCUT2D eigenvalue weighted by atomic mass is 10.1. The molecule has 4 nitrogen and oxygen atoms in total. The molecule has 1 aliphatic heterocycles. The maximum atomic E-state index is 5.89. The van der Waals surface area contributed by atoms with Gasteiger partial charge in [0.2, 0.25) is 5.90 Å². The van der Waals surface area contributed by atoms with E-state index in [1.54, 1.807) is 0 Å². The summed E-state index contributed by atoms with van der Waals surface area (Å²) < 4.78 is 0. The third kappa shape index (κ3) is 3.29. The first-order valence-corrected chi connectivity index (χ1v) is 7.11. The molecule has 0 radical (unpaired) electrons. The van der Waals surface area contributed by atoms with E-state index in [1.165, 1.54) is 5.56 Å². The van der Waals surface area contributed by atoms with Crippen LogP contribution in [0.2, 0.25) is 0 Å². The smallest absolute Gasteiger partial charge is 0.225 e. The Morgan fingerprint density at radius 2 is 1.71 bits per heavy atom. The summed E-state index contributed by atoms with van der Waals surface area (Å²) in [4.78, 5) is 10.6. The molecule has 0 aromatic heterocycles. The van der Waals surface area contributed by atoms with E-state index in [0.29, 0.717) is 13.1 Å². The molecule has 2 aromatic rings. The number of hydrogen-bond acceptors (Lipinski definition) is 4. The zero-order chi connectivity index (χ0) is 14.5. The quantitative estimate of drug-likeness (QED) is 0.915. The predicted octanol–water partition coefficient (Wildman–Crippen LogP) is 2.75. The van der Waals surface area contributed by atoms with Gasteiger partial charge in [-0.15, -0.1) is 5.06 Å². The molecule has 21 heavy (non-hydrogen) atoms. The Morgan fingerprint density at radius 3 is 2.38 bits per heavy atom. The average molecular weight is 281 g/mol. The largest absolute Gasteiger partial charge is 0.386 e. The van der Waals surface area contributed by atoms with Crippen molar-refractivity contribution < 1.29 is 4.84 Å². The summed E-state index contributed by atoms with van der Waals surface area (Å²) in [7, 11) is 1.89. The minimum atomic E-state index is -0.0882. The van der Waals surface area contributed by atoms with Crippen molar-refractivity contribution in [1.29, 1.82) is 0 Å². The summed E-state index contributed by atoms with van der Waals surface area (Å²) in [6, 6.07) is 20.5. The minimum absolute atomic E-state index is 0.0882. The fraction of sp³-hybridized carbons (Fsp3) is 0.235. The van der Waals surface area contributed by atoms with Crippen LogP contribution >= 0.6 is 0 Å². The molecule has 2 aromatic carbocycles. The molecule has 0 amide bonds. The molecule has 4 heteroatoms. The van der Waals surface area contributed by atoms with Crippen LogP contribution in [0.1, 0.15) is 17.3 Å². The van der Waals surface area contributed by atoms with Crippen LogP contribution in [0, 0.1) is 0 Å². The van der Waals surface area contributed by atoms with Crippen LogP contribution in [0.25, 0.3) is 0 Å². The predicted molar refractivity (Wildman–Crippen MR) is 83.6 cm³/mol. The van der Waals surface area contributed by atoms with Gasteiger partial charge in [0, 0.05) is 0 Å². The zero-order valence-electron chi connectivity index (χ0n) is 12.1. The molecule has 0 saturated heterocycles. The molecule has 1 heterocycles. The Bertz CT molecular complexity index is 598. The summed E-state index contributed by atoms with van der Waals surface area (Å²) in [5.41, 5.74) is 2.35. The topological polar surface area (TPSA) is 36.9 Å². The molecule has 1 atom stereocenters. The van der Waals surface area contributed by atoms with Gasteiger partial charge in [-0.05, 0) is 18.2 Å². The third-order valence-electron chi connectivity index (χ3n) is 3.37. The van der Waals surface area contributed by atoms with Crippen LogP contribution in [-0.2, 0) is 11.4 Å². The standard InChI is InChI=1S/C17H19N3O/c1-18-12-16-19-17(15-10-6-3-7-11-15)20(21-16)13-14-8-4-2-5-9-14/h2-11,17-18H,12-13H2,1H3/t17-/m0/s1. The summed E-state index contributed by atoms with van der Waals surface area (Å²) in [6.07, 6.45) is -0.0882. The van der Waals surface area contributed by atoms with Crippen molar-refractivity contribution in [3.8, 4) is 0 Å². The van der Waals surface area contributed by atoms with Crippen molar-refractivity contribution in [2.45, 2.75) is 12.7 Å². The van der Waals surface area contributed by atoms with E-state index in [-0.39, 0.29) is 6.17 Å². The monoisotopic (exact) mass is 281 g/mol. The SMILES string of the molecule is CNCC1=N[C@H](c2ccccc2)N(Cc2ccccc2)O1. The molecule has 1 aliphatic rings. The van der Waals surface area contributed by atoms with Crippen molar-refractivity contribution in [2.75, 3.05) is 13.6 Å². The summed E-state index contributed by atoms with van der Waals surface area (Å²) in [5, 5.41) is 5.01. The van der Waals surface area contributed by atoms with Crippen LogP contribution < -0.4 is 5.32 Å². The first-order valence-electron chi connectivity index (χ1n) is 7.11. The van der Waals surface area contributed by atoms with E-state index >= 15 is 0 Å². The molecule has 0 spiro atoms. The van der Waals surface area contributed by atoms with E-state index in [9.17, 15) is 0 Å². The van der Waals surface area contributed by atoms with Crippen LogP contribution in [0.15, 0.2) is 65.7 Å². The maximum absolute atomic E-state index is 5.89. The summed E-state index contributed by atoms with van der Waals surface area (Å²) >= 11 is 0. The van der Waals surface area contributed by atoms with Crippen LogP contribution in [0.4, 0.5) is 0 Å². The lowest BCUT2D eigenvalue weighted by Gasteiger charge is -2.21. The highest BCUT2D eigenvalue weighted by Crippen LogP contribution is 2.29. The normalized spacial score (nSPS) is 18.3. The van der Waals surface area contributed by atoms with Gasteiger partial charge in [0.15, 0.2) is 6.17 Å². The number of rotatable bonds is 5. The lowest BCUT2D eigenvalue weighted by Crippen LogP contribution is -2.26. The van der Waals surface area contributed by atoms with Crippen molar-refractivity contribution in [1.82, 2.24) is 10.4 Å². The second-order valence-electron chi connectivity index (χ2n) is 4.99. The Morgan fingerprint density at radius 1 is 1.05 bits per heavy atom. The van der Waals surface area contributed by atoms with E-state index in [1.807, 2.05) is 48.5 Å². The number of benzene rings is 2. The second-order valence-corrected chi connectivity index (χ2v) is 4.99. The summed E-state index contributed by atoms with van der Waals surface area (Å²) in [5.74, 6) is 0.724. The van der Waals surface area contributed by atoms with E-state index in [4.69, 9.17) is 4.84 Å². The van der Waals surface area contributed by atoms with Gasteiger partial charge in [0.25, 0.3) is 0 Å². The first kappa shape index (κ1) is 13.8. The molecule has 3 rings (SSSR count). The van der Waals surface area contributed by atoms with E-state index in [0.717, 1.165) is 11.5 Å². The molecule has 0 aliphatic carbocycles. The second kappa shape index (κ2) is 6.52. The molecule has 1 N–H and O–H groups in total. The van der Waals surface area contributed by atoms with Gasteiger partial charge in [-0.25, -0.2) is 4.99 Å². The Kier molecular flexibility index (Phi) is 4.28. The van der Waals surface area contributed by atoms with Crippen molar-refractivity contribution >= 4 is 5.90 Å². The lowest BCUT2D eigenvalue weighted by molar-refractivity contribution is -0.0945. The van der Waals surface area contributed by atoms with E-state index < -0.39 is 0 Å². The molecule has 0 saturated carbocycles. The zero-order valence-corrected chi connectivity index (χ0v) is 12.1. The molecular formula is C17H19N3O. The van der Waals surface area contributed by atoms with Crippen molar-refractivity contribution in [3.63, 3.8) is 0 Å². The van der Waals surface area contributed by atoms with Crippen molar-refractivity contribution in [2.24, 2.45) is 4.99 Å². The highest BCUT2D eigenvalue weighted by atomic mass is 16.7. The fourth-order valence-electron chi connectivity index (χ4n) is 2.39. The number of hydroxylamine groups is 2. The highest BCUT2D eigenvalue weighted by Gasteiger charge is 2.29. The maximum Gasteiger partial charge on any atom is 0.225 e. The number of aliphatic imine (C=N–C) groups is 1. The number of nitrogens with one attached hydrogen (secondary N) is 1. The molecule has 108 valence electrons. The Hall–Kier alpha value is -2.17. The highest BCUT2D eigenvalue weighted by molar-refractivity contribution is 5.79. The van der Waals surface area contributed by atoms with E-state index in [2.05, 4.69) is 34.6 Å². The number of likely N-dealkylation sites (N-methyl/N-ethyl adjacent to an activating group) is 1. The van der Waals surface area contributed by atoms with Crippen molar-refractivity contribution in [3.05, 3.63) is 71.8 Å². The Balaban J connectivity index is 1.82. The van der Waals surface area contributed by atoms with Gasteiger partial charge in [-0.1, -0.05) is 60.7 Å². The Labute approximate surface area is 125 Å². The minimum Gasteiger partial charge on any atom is -0.386 e. The average Bonchev–Trinajstić information content (AvgIpc) is 2.92. The molecule has 0 unspecified atom stereocenters. The van der Waals surface area contributed by atoms with Gasteiger partial charge in [-0.3, -0.25) is 0 Å². The number of nitrogens with zero attached hydrogens (tertiary/aromatic N) is 2. The number of hydrogen-bond donors (Lipinski definition) is 1. The first-order chi connectivity index (χ1) is 10.4. The summed E-state index contributed by atoms with van der Waals surface area (Å²) in [6.45, 7) is 1.34. The van der Waals surface area contributed by atoms with Gasteiger partial charge in [-0.2, -0.15) is 0 Å². The van der Waals surface area contributed by atoms with Gasteiger partial charge in [0.1, 0.15) is 0 Å². The third-order valence-corrected chi connectivity index (χ3v) is 3.37. The van der Waals surface area contributed by atoms with Crippen LogP contribution in [0.5, 0.6) is 0 Å². The molecule has 0 bridgehead atoms. The van der Waals surface area contributed by atoms with Crippen LogP contribution in [-0.4, -0.2) is 24.6 Å².